The molecule has 0 atom stereocenters. The maximum atomic E-state index is 12.6. The Morgan fingerprint density at radius 1 is 1.10 bits per heavy atom. The lowest BCUT2D eigenvalue weighted by atomic mass is 9.96. The highest BCUT2D eigenvalue weighted by Gasteiger charge is 2.41. The third-order valence-corrected chi connectivity index (χ3v) is 4.12. The first kappa shape index (κ1) is 13.9. The van der Waals surface area contributed by atoms with E-state index in [4.69, 9.17) is 11.6 Å². The number of anilines is 1. The van der Waals surface area contributed by atoms with Gasteiger partial charge in [-0.25, -0.2) is 9.97 Å². The monoisotopic (exact) mass is 305 g/mol. The standard InChI is InChI=1S/C13H15ClF3N3/c14-10-7-11(19-12(18-10)8-1-2-8)20-5-3-9(4-6-20)13(15,16)17/h7-9H,1-6H2. The highest BCUT2D eigenvalue weighted by atomic mass is 35.5. The minimum atomic E-state index is -4.09. The third kappa shape index (κ3) is 3.00. The van der Waals surface area contributed by atoms with Gasteiger partial charge in [-0.3, -0.25) is 0 Å². The number of aromatic nitrogens is 2. The lowest BCUT2D eigenvalue weighted by Gasteiger charge is -2.33. The van der Waals surface area contributed by atoms with Crippen LogP contribution in [0.5, 0.6) is 0 Å². The Balaban J connectivity index is 1.71. The quantitative estimate of drug-likeness (QED) is 0.779. The van der Waals surface area contributed by atoms with E-state index in [0.29, 0.717) is 30.0 Å². The maximum Gasteiger partial charge on any atom is 0.391 e. The minimum Gasteiger partial charge on any atom is -0.356 e. The number of piperidine rings is 1. The average Bonchev–Trinajstić information content (AvgIpc) is 3.21. The van der Waals surface area contributed by atoms with Crippen molar-refractivity contribution in [3.05, 3.63) is 17.0 Å². The number of nitrogens with zero attached hydrogens (tertiary/aromatic N) is 3. The summed E-state index contributed by atoms with van der Waals surface area (Å²) in [5, 5.41) is 0.370. The van der Waals surface area contributed by atoms with Crippen LogP contribution in [0.3, 0.4) is 0 Å². The van der Waals surface area contributed by atoms with Gasteiger partial charge in [0.1, 0.15) is 16.8 Å². The summed E-state index contributed by atoms with van der Waals surface area (Å²) in [5.41, 5.74) is 0. The van der Waals surface area contributed by atoms with Crippen LogP contribution >= 0.6 is 11.6 Å². The van der Waals surface area contributed by atoms with Crippen molar-refractivity contribution in [2.45, 2.75) is 37.8 Å². The van der Waals surface area contributed by atoms with Crippen LogP contribution in [-0.4, -0.2) is 29.2 Å². The van der Waals surface area contributed by atoms with E-state index in [2.05, 4.69) is 9.97 Å². The number of alkyl halides is 3. The van der Waals surface area contributed by atoms with E-state index >= 15 is 0 Å². The molecule has 2 fully saturated rings. The molecule has 0 unspecified atom stereocenters. The Kier molecular flexibility index (Phi) is 3.52. The fourth-order valence-corrected chi connectivity index (χ4v) is 2.73. The minimum absolute atomic E-state index is 0.115. The van der Waals surface area contributed by atoms with Gasteiger partial charge in [-0.2, -0.15) is 13.2 Å². The first-order valence-corrected chi connectivity index (χ1v) is 7.17. The zero-order valence-corrected chi connectivity index (χ0v) is 11.6. The summed E-state index contributed by atoms with van der Waals surface area (Å²) in [7, 11) is 0. The van der Waals surface area contributed by atoms with Crippen LogP contribution in [0.4, 0.5) is 19.0 Å². The molecule has 2 aliphatic rings. The van der Waals surface area contributed by atoms with E-state index in [1.807, 2.05) is 4.90 Å². The van der Waals surface area contributed by atoms with Gasteiger partial charge in [0, 0.05) is 25.1 Å². The second-order valence-corrected chi connectivity index (χ2v) is 5.87. The van der Waals surface area contributed by atoms with E-state index in [1.54, 1.807) is 6.07 Å². The van der Waals surface area contributed by atoms with Gasteiger partial charge in [-0.1, -0.05) is 11.6 Å². The number of hydrogen-bond donors (Lipinski definition) is 0. The summed E-state index contributed by atoms with van der Waals surface area (Å²) >= 11 is 5.98. The van der Waals surface area contributed by atoms with Crippen LogP contribution in [0.25, 0.3) is 0 Å². The largest absolute Gasteiger partial charge is 0.391 e. The zero-order chi connectivity index (χ0) is 14.3. The van der Waals surface area contributed by atoms with E-state index < -0.39 is 12.1 Å². The van der Waals surface area contributed by atoms with Crippen molar-refractivity contribution < 1.29 is 13.2 Å². The molecule has 1 aromatic rings. The smallest absolute Gasteiger partial charge is 0.356 e. The van der Waals surface area contributed by atoms with Gasteiger partial charge in [0.15, 0.2) is 0 Å². The molecule has 0 N–H and O–H groups in total. The second kappa shape index (κ2) is 5.06. The van der Waals surface area contributed by atoms with E-state index in [9.17, 15) is 13.2 Å². The lowest BCUT2D eigenvalue weighted by molar-refractivity contribution is -0.179. The van der Waals surface area contributed by atoms with Crippen molar-refractivity contribution in [2.24, 2.45) is 5.92 Å². The van der Waals surface area contributed by atoms with E-state index in [-0.39, 0.29) is 12.8 Å². The fraction of sp³-hybridized carbons (Fsp3) is 0.692. The molecule has 0 spiro atoms. The second-order valence-electron chi connectivity index (χ2n) is 5.48. The molecular formula is C13H15ClF3N3. The normalized spacial score (nSPS) is 21.3. The van der Waals surface area contributed by atoms with Gasteiger partial charge < -0.3 is 4.90 Å². The molecule has 1 aromatic heterocycles. The summed E-state index contributed by atoms with van der Waals surface area (Å²) in [5.74, 6) is 0.567. The van der Waals surface area contributed by atoms with Crippen molar-refractivity contribution in [1.29, 1.82) is 0 Å². The van der Waals surface area contributed by atoms with Gasteiger partial charge in [0.2, 0.25) is 0 Å². The third-order valence-electron chi connectivity index (χ3n) is 3.92. The molecule has 2 heterocycles. The molecule has 3 rings (SSSR count). The molecule has 0 radical (unpaired) electrons. The molecular weight excluding hydrogens is 291 g/mol. The molecule has 20 heavy (non-hydrogen) atoms. The lowest BCUT2D eigenvalue weighted by Crippen LogP contribution is -2.39. The maximum absolute atomic E-state index is 12.6. The van der Waals surface area contributed by atoms with Crippen LogP contribution in [0.15, 0.2) is 6.07 Å². The van der Waals surface area contributed by atoms with Crippen molar-refractivity contribution in [1.82, 2.24) is 9.97 Å². The molecule has 0 amide bonds. The Morgan fingerprint density at radius 2 is 1.75 bits per heavy atom. The molecule has 110 valence electrons. The predicted molar refractivity (Wildman–Crippen MR) is 70.0 cm³/mol. The van der Waals surface area contributed by atoms with Crippen LogP contribution in [-0.2, 0) is 0 Å². The van der Waals surface area contributed by atoms with Crippen molar-refractivity contribution >= 4 is 17.4 Å². The van der Waals surface area contributed by atoms with Crippen molar-refractivity contribution in [3.63, 3.8) is 0 Å². The first-order valence-electron chi connectivity index (χ1n) is 6.79. The molecule has 7 heteroatoms. The van der Waals surface area contributed by atoms with Crippen molar-refractivity contribution in [3.8, 4) is 0 Å². The Labute approximate surface area is 120 Å². The molecule has 1 saturated heterocycles. The van der Waals surface area contributed by atoms with Crippen LogP contribution in [0, 0.1) is 5.92 Å². The zero-order valence-electron chi connectivity index (χ0n) is 10.8. The van der Waals surface area contributed by atoms with Crippen LogP contribution in [0.1, 0.15) is 37.4 Å². The summed E-state index contributed by atoms with van der Waals surface area (Å²) in [6.07, 6.45) is -1.73. The highest BCUT2D eigenvalue weighted by Crippen LogP contribution is 2.40. The summed E-state index contributed by atoms with van der Waals surface area (Å²) in [6.45, 7) is 0.725. The van der Waals surface area contributed by atoms with Crippen LogP contribution < -0.4 is 4.90 Å². The summed E-state index contributed by atoms with van der Waals surface area (Å²) in [4.78, 5) is 10.5. The van der Waals surface area contributed by atoms with Gasteiger partial charge in [0.25, 0.3) is 0 Å². The van der Waals surface area contributed by atoms with Gasteiger partial charge in [-0.15, -0.1) is 0 Å². The Hall–Kier alpha value is -1.04. The molecule has 1 saturated carbocycles. The van der Waals surface area contributed by atoms with E-state index in [1.165, 1.54) is 0 Å². The molecule has 3 nitrogen and oxygen atoms in total. The van der Waals surface area contributed by atoms with Gasteiger partial charge in [-0.05, 0) is 25.7 Å². The fourth-order valence-electron chi connectivity index (χ4n) is 2.54. The topological polar surface area (TPSA) is 29.0 Å². The van der Waals surface area contributed by atoms with Crippen molar-refractivity contribution in [2.75, 3.05) is 18.0 Å². The first-order chi connectivity index (χ1) is 9.43. The average molecular weight is 306 g/mol. The Bertz CT molecular complexity index is 494. The molecule has 1 aliphatic carbocycles. The van der Waals surface area contributed by atoms with Gasteiger partial charge >= 0.3 is 6.18 Å². The SMILES string of the molecule is FC(F)(F)C1CCN(c2cc(Cl)nc(C3CC3)n2)CC1. The predicted octanol–water partition coefficient (Wildman–Crippen LogP) is 3.79. The number of rotatable bonds is 2. The molecule has 1 aliphatic heterocycles. The Morgan fingerprint density at radius 3 is 2.30 bits per heavy atom. The van der Waals surface area contributed by atoms with Crippen LogP contribution in [0.2, 0.25) is 5.15 Å². The van der Waals surface area contributed by atoms with Gasteiger partial charge in [0.05, 0.1) is 5.92 Å². The van der Waals surface area contributed by atoms with E-state index in [0.717, 1.165) is 18.7 Å². The highest BCUT2D eigenvalue weighted by molar-refractivity contribution is 6.29. The summed E-state index contributed by atoms with van der Waals surface area (Å²) in [6, 6.07) is 1.64. The summed E-state index contributed by atoms with van der Waals surface area (Å²) < 4.78 is 37.9. The number of hydrogen-bond acceptors (Lipinski definition) is 3. The molecule has 0 bridgehead atoms. The number of halogens is 4. The molecule has 0 aromatic carbocycles.